The molecule has 1 aromatic rings. The van der Waals surface area contributed by atoms with Crippen LogP contribution in [0.25, 0.3) is 0 Å². The molecule has 0 radical (unpaired) electrons. The van der Waals surface area contributed by atoms with Crippen LogP contribution in [-0.2, 0) is 6.42 Å². The minimum absolute atomic E-state index is 0.609. The van der Waals surface area contributed by atoms with E-state index < -0.39 is 0 Å². The van der Waals surface area contributed by atoms with E-state index in [0.717, 1.165) is 25.3 Å². The highest BCUT2D eigenvalue weighted by atomic mass is 15.2. The highest BCUT2D eigenvalue weighted by molar-refractivity contribution is 4.86. The van der Waals surface area contributed by atoms with E-state index in [1.165, 1.54) is 19.3 Å². The van der Waals surface area contributed by atoms with Crippen molar-refractivity contribution >= 4 is 0 Å². The minimum Gasteiger partial charge on any atom is -0.330 e. The van der Waals surface area contributed by atoms with E-state index in [1.54, 1.807) is 6.33 Å². The largest absolute Gasteiger partial charge is 0.330 e. The van der Waals surface area contributed by atoms with Gasteiger partial charge in [0, 0.05) is 19.0 Å². The summed E-state index contributed by atoms with van der Waals surface area (Å²) < 4.78 is 0. The van der Waals surface area contributed by atoms with Gasteiger partial charge in [-0.1, -0.05) is 6.42 Å². The Morgan fingerprint density at radius 1 is 1.53 bits per heavy atom. The summed E-state index contributed by atoms with van der Waals surface area (Å²) in [4.78, 5) is 4.09. The van der Waals surface area contributed by atoms with Gasteiger partial charge in [-0.05, 0) is 25.3 Å². The predicted octanol–water partition coefficient (Wildman–Crippen LogP) is 0.0642. The molecule has 2 rings (SSSR count). The van der Waals surface area contributed by atoms with E-state index in [9.17, 15) is 0 Å². The quantitative estimate of drug-likeness (QED) is 0.641. The van der Waals surface area contributed by atoms with Gasteiger partial charge >= 0.3 is 0 Å². The van der Waals surface area contributed by atoms with Crippen LogP contribution in [0.1, 0.15) is 25.1 Å². The van der Waals surface area contributed by atoms with Gasteiger partial charge in [0.2, 0.25) is 0 Å². The number of aromatic amines is 1. The Morgan fingerprint density at radius 2 is 2.47 bits per heavy atom. The molecule has 1 aliphatic rings. The van der Waals surface area contributed by atoms with Crippen molar-refractivity contribution in [3.63, 3.8) is 0 Å². The highest BCUT2D eigenvalue weighted by Crippen LogP contribution is 2.24. The lowest BCUT2D eigenvalue weighted by Gasteiger charge is -2.18. The van der Waals surface area contributed by atoms with E-state index in [4.69, 9.17) is 5.73 Å². The maximum absolute atomic E-state index is 5.72. The molecule has 1 aliphatic carbocycles. The van der Waals surface area contributed by atoms with Gasteiger partial charge in [0.15, 0.2) is 0 Å². The van der Waals surface area contributed by atoms with E-state index >= 15 is 0 Å². The van der Waals surface area contributed by atoms with Crippen LogP contribution in [0.5, 0.6) is 0 Å². The summed E-state index contributed by atoms with van der Waals surface area (Å²) in [6, 6.07) is 0.609. The molecule has 0 aromatic carbocycles. The summed E-state index contributed by atoms with van der Waals surface area (Å²) in [5.74, 6) is 1.62. The SMILES string of the molecule is NCC1CCCC1NCCc1ncn[nH]1. The van der Waals surface area contributed by atoms with E-state index in [2.05, 4.69) is 20.5 Å². The molecule has 84 valence electrons. The fourth-order valence-electron chi connectivity index (χ4n) is 2.31. The maximum Gasteiger partial charge on any atom is 0.137 e. The van der Waals surface area contributed by atoms with Crippen LogP contribution in [-0.4, -0.2) is 34.3 Å². The predicted molar refractivity (Wildman–Crippen MR) is 58.3 cm³/mol. The van der Waals surface area contributed by atoms with E-state index in [1.807, 2.05) is 0 Å². The normalized spacial score (nSPS) is 25.9. The zero-order chi connectivity index (χ0) is 10.5. The standard InChI is InChI=1S/C10H19N5/c11-6-8-2-1-3-9(8)12-5-4-10-13-7-14-15-10/h7-9,12H,1-6,11H2,(H,13,14,15). The van der Waals surface area contributed by atoms with Crippen LogP contribution in [0, 0.1) is 5.92 Å². The molecule has 1 aromatic heterocycles. The van der Waals surface area contributed by atoms with Gasteiger partial charge in [0.25, 0.3) is 0 Å². The van der Waals surface area contributed by atoms with Crippen molar-refractivity contribution in [1.82, 2.24) is 20.5 Å². The molecule has 5 heteroatoms. The zero-order valence-corrected chi connectivity index (χ0v) is 8.95. The van der Waals surface area contributed by atoms with E-state index in [0.29, 0.717) is 12.0 Å². The second kappa shape index (κ2) is 5.23. The molecule has 0 saturated heterocycles. The lowest BCUT2D eigenvalue weighted by Crippen LogP contribution is -2.37. The van der Waals surface area contributed by atoms with Gasteiger partial charge in [0.05, 0.1) is 0 Å². The number of hydrogen-bond donors (Lipinski definition) is 3. The van der Waals surface area contributed by atoms with Crippen LogP contribution in [0.4, 0.5) is 0 Å². The number of nitrogens with two attached hydrogens (primary N) is 1. The molecule has 0 spiro atoms. The van der Waals surface area contributed by atoms with Crippen molar-refractivity contribution in [1.29, 1.82) is 0 Å². The molecule has 1 saturated carbocycles. The first-order valence-electron chi connectivity index (χ1n) is 5.68. The molecule has 5 nitrogen and oxygen atoms in total. The summed E-state index contributed by atoms with van der Waals surface area (Å²) in [6.45, 7) is 1.76. The first-order valence-corrected chi connectivity index (χ1v) is 5.68. The third-order valence-corrected chi connectivity index (χ3v) is 3.20. The Bertz CT molecular complexity index is 271. The van der Waals surface area contributed by atoms with Gasteiger partial charge in [-0.2, -0.15) is 5.10 Å². The molecule has 2 atom stereocenters. The second-order valence-electron chi connectivity index (χ2n) is 4.17. The topological polar surface area (TPSA) is 79.6 Å². The Labute approximate surface area is 89.9 Å². The number of nitrogens with zero attached hydrogens (tertiary/aromatic N) is 2. The molecule has 0 aliphatic heterocycles. The average molecular weight is 209 g/mol. The number of aromatic nitrogens is 3. The van der Waals surface area contributed by atoms with Gasteiger partial charge in [-0.15, -0.1) is 0 Å². The zero-order valence-electron chi connectivity index (χ0n) is 8.95. The average Bonchev–Trinajstić information content (AvgIpc) is 2.88. The Balaban J connectivity index is 1.69. The number of nitrogens with one attached hydrogen (secondary N) is 2. The molecular weight excluding hydrogens is 190 g/mol. The van der Waals surface area contributed by atoms with E-state index in [-0.39, 0.29) is 0 Å². The molecule has 1 fully saturated rings. The van der Waals surface area contributed by atoms with Crippen molar-refractivity contribution in [2.24, 2.45) is 11.7 Å². The summed E-state index contributed by atoms with van der Waals surface area (Å²) >= 11 is 0. The third kappa shape index (κ3) is 2.76. The number of hydrogen-bond acceptors (Lipinski definition) is 4. The summed E-state index contributed by atoms with van der Waals surface area (Å²) in [5.41, 5.74) is 5.72. The fourth-order valence-corrected chi connectivity index (χ4v) is 2.31. The molecule has 0 amide bonds. The first-order chi connectivity index (χ1) is 7.40. The van der Waals surface area contributed by atoms with Gasteiger partial charge in [0.1, 0.15) is 12.2 Å². The van der Waals surface area contributed by atoms with Crippen LogP contribution in [0.2, 0.25) is 0 Å². The third-order valence-electron chi connectivity index (χ3n) is 3.20. The molecule has 4 N–H and O–H groups in total. The highest BCUT2D eigenvalue weighted by Gasteiger charge is 2.24. The monoisotopic (exact) mass is 209 g/mol. The minimum atomic E-state index is 0.609. The first kappa shape index (κ1) is 10.6. The Hall–Kier alpha value is -0.940. The maximum atomic E-state index is 5.72. The Morgan fingerprint density at radius 3 is 3.20 bits per heavy atom. The summed E-state index contributed by atoms with van der Waals surface area (Å²) in [7, 11) is 0. The van der Waals surface area contributed by atoms with Crippen LogP contribution in [0.15, 0.2) is 6.33 Å². The molecule has 2 unspecified atom stereocenters. The van der Waals surface area contributed by atoms with Crippen molar-refractivity contribution in [3.05, 3.63) is 12.2 Å². The smallest absolute Gasteiger partial charge is 0.137 e. The van der Waals surface area contributed by atoms with Crippen molar-refractivity contribution in [3.8, 4) is 0 Å². The second-order valence-corrected chi connectivity index (χ2v) is 4.17. The molecular formula is C10H19N5. The van der Waals surface area contributed by atoms with Gasteiger partial charge < -0.3 is 11.1 Å². The van der Waals surface area contributed by atoms with Gasteiger partial charge in [-0.25, -0.2) is 4.98 Å². The van der Waals surface area contributed by atoms with Crippen molar-refractivity contribution in [2.45, 2.75) is 31.7 Å². The van der Waals surface area contributed by atoms with Crippen LogP contribution in [0.3, 0.4) is 0 Å². The fraction of sp³-hybridized carbons (Fsp3) is 0.800. The van der Waals surface area contributed by atoms with Crippen LogP contribution < -0.4 is 11.1 Å². The number of H-pyrrole nitrogens is 1. The van der Waals surface area contributed by atoms with Crippen molar-refractivity contribution in [2.75, 3.05) is 13.1 Å². The lowest BCUT2D eigenvalue weighted by atomic mass is 10.0. The van der Waals surface area contributed by atoms with Gasteiger partial charge in [-0.3, -0.25) is 5.10 Å². The summed E-state index contributed by atoms with van der Waals surface area (Å²) in [6.07, 6.45) is 6.30. The molecule has 15 heavy (non-hydrogen) atoms. The molecule has 0 bridgehead atoms. The Kier molecular flexibility index (Phi) is 3.69. The molecule has 1 heterocycles. The lowest BCUT2D eigenvalue weighted by molar-refractivity contribution is 0.409. The van der Waals surface area contributed by atoms with Crippen molar-refractivity contribution < 1.29 is 0 Å². The number of rotatable bonds is 5. The summed E-state index contributed by atoms with van der Waals surface area (Å²) in [5, 5.41) is 10.2. The van der Waals surface area contributed by atoms with Crippen LogP contribution >= 0.6 is 0 Å².